The van der Waals surface area contributed by atoms with Crippen molar-refractivity contribution in [2.45, 2.75) is 0 Å². The molecule has 0 spiro atoms. The summed E-state index contributed by atoms with van der Waals surface area (Å²) in [7, 11) is 0. The smallest absolute Gasteiger partial charge is 0.135 e. The monoisotopic (exact) mass is 898 g/mol. The van der Waals surface area contributed by atoms with Crippen LogP contribution in [0.4, 0.5) is 0 Å². The molecular formula is C70H42O. The zero-order valence-corrected chi connectivity index (χ0v) is 38.7. The van der Waals surface area contributed by atoms with Crippen LogP contribution in [-0.4, -0.2) is 0 Å². The topological polar surface area (TPSA) is 13.1 Å². The number of hydrogen-bond donors (Lipinski definition) is 0. The number of para-hydroxylation sites is 1. The summed E-state index contributed by atoms with van der Waals surface area (Å²) in [6, 6.07) is 94.1. The number of benzene rings is 14. The highest BCUT2D eigenvalue weighted by Gasteiger charge is 2.22. The molecular weight excluding hydrogens is 857 g/mol. The van der Waals surface area contributed by atoms with Crippen molar-refractivity contribution in [3.05, 3.63) is 255 Å². The van der Waals surface area contributed by atoms with Gasteiger partial charge in [-0.3, -0.25) is 0 Å². The van der Waals surface area contributed by atoms with E-state index in [1.54, 1.807) is 0 Å². The quantitative estimate of drug-likeness (QED) is 0.157. The lowest BCUT2D eigenvalue weighted by atomic mass is 9.83. The molecule has 328 valence electrons. The first-order chi connectivity index (χ1) is 35.2. The molecule has 15 rings (SSSR count). The third-order valence-corrected chi connectivity index (χ3v) is 15.2. The molecule has 71 heavy (non-hydrogen) atoms. The Balaban J connectivity index is 0.923. The Hall–Kier alpha value is -9.30. The molecule has 0 N–H and O–H groups in total. The Morgan fingerprint density at radius 1 is 0.183 bits per heavy atom. The molecule has 0 bridgehead atoms. The molecule has 14 aromatic carbocycles. The molecule has 0 saturated carbocycles. The summed E-state index contributed by atoms with van der Waals surface area (Å²) in [6.45, 7) is 0. The number of fused-ring (bicyclic) bond motifs is 10. The molecule has 1 heterocycles. The Kier molecular flexibility index (Phi) is 8.73. The molecule has 1 nitrogen and oxygen atoms in total. The van der Waals surface area contributed by atoms with Crippen LogP contribution in [0, 0.1) is 0 Å². The van der Waals surface area contributed by atoms with Crippen LogP contribution in [0.25, 0.3) is 153 Å². The van der Waals surface area contributed by atoms with Crippen molar-refractivity contribution in [1.29, 1.82) is 0 Å². The molecule has 0 unspecified atom stereocenters. The predicted molar refractivity (Wildman–Crippen MR) is 303 cm³/mol. The standard InChI is InChI=1S/C70H42O/c1-2-20-49-43(16-1)17-13-30-51(49)68-56-26-7-9-28-58(56)70(59-29-10-8-27-57(59)68)61-32-15-19-45-35-37-47(41-63(45)61)46-36-34-44-18-14-31-60(62(44)40-46)69-54-24-5-3-22-52(54)67(53-23-4-6-25-55(53)69)48-38-39-66-64(42-48)50-21-11-12-33-65(50)71-66/h1-42H. The normalized spacial score (nSPS) is 11.9. The molecule has 0 amide bonds. The fourth-order valence-corrected chi connectivity index (χ4v) is 12.1. The largest absolute Gasteiger partial charge is 0.456 e. The van der Waals surface area contributed by atoms with Gasteiger partial charge in [-0.25, -0.2) is 0 Å². The second-order valence-electron chi connectivity index (χ2n) is 19.0. The van der Waals surface area contributed by atoms with Gasteiger partial charge in [-0.05, 0) is 161 Å². The van der Waals surface area contributed by atoms with Gasteiger partial charge in [0.2, 0.25) is 0 Å². The molecule has 1 aromatic heterocycles. The van der Waals surface area contributed by atoms with Crippen LogP contribution >= 0.6 is 0 Å². The van der Waals surface area contributed by atoms with Crippen LogP contribution in [0.15, 0.2) is 259 Å². The molecule has 1 heteroatoms. The average Bonchev–Trinajstić information content (AvgIpc) is 3.81. The van der Waals surface area contributed by atoms with Gasteiger partial charge in [0.25, 0.3) is 0 Å². The number of hydrogen-bond acceptors (Lipinski definition) is 1. The lowest BCUT2D eigenvalue weighted by Crippen LogP contribution is -1.93. The molecule has 0 aliphatic carbocycles. The van der Waals surface area contributed by atoms with Gasteiger partial charge in [0, 0.05) is 10.8 Å². The zero-order valence-electron chi connectivity index (χ0n) is 38.7. The number of furan rings is 1. The van der Waals surface area contributed by atoms with E-state index in [-0.39, 0.29) is 0 Å². The van der Waals surface area contributed by atoms with E-state index in [1.807, 2.05) is 6.07 Å². The van der Waals surface area contributed by atoms with Crippen LogP contribution in [0.1, 0.15) is 0 Å². The van der Waals surface area contributed by atoms with Crippen LogP contribution in [0.5, 0.6) is 0 Å². The summed E-state index contributed by atoms with van der Waals surface area (Å²) in [5.74, 6) is 0. The van der Waals surface area contributed by atoms with Crippen molar-refractivity contribution in [1.82, 2.24) is 0 Å². The summed E-state index contributed by atoms with van der Waals surface area (Å²) in [6.07, 6.45) is 0. The van der Waals surface area contributed by atoms with E-state index in [1.165, 1.54) is 131 Å². The summed E-state index contributed by atoms with van der Waals surface area (Å²) in [4.78, 5) is 0. The highest BCUT2D eigenvalue weighted by atomic mass is 16.3. The molecule has 0 fully saturated rings. The Morgan fingerprint density at radius 3 is 0.986 bits per heavy atom. The van der Waals surface area contributed by atoms with Gasteiger partial charge in [-0.1, -0.05) is 224 Å². The highest BCUT2D eigenvalue weighted by molar-refractivity contribution is 6.27. The summed E-state index contributed by atoms with van der Waals surface area (Å²) in [5.41, 5.74) is 14.1. The van der Waals surface area contributed by atoms with Crippen molar-refractivity contribution in [3.8, 4) is 55.6 Å². The Morgan fingerprint density at radius 2 is 0.507 bits per heavy atom. The van der Waals surface area contributed by atoms with E-state index in [2.05, 4.69) is 249 Å². The first-order valence-electron chi connectivity index (χ1n) is 24.6. The lowest BCUT2D eigenvalue weighted by Gasteiger charge is -2.20. The van der Waals surface area contributed by atoms with Crippen molar-refractivity contribution in [3.63, 3.8) is 0 Å². The third kappa shape index (κ3) is 6.07. The van der Waals surface area contributed by atoms with Gasteiger partial charge < -0.3 is 4.42 Å². The van der Waals surface area contributed by atoms with Gasteiger partial charge in [-0.2, -0.15) is 0 Å². The van der Waals surface area contributed by atoms with Crippen molar-refractivity contribution in [2.75, 3.05) is 0 Å². The van der Waals surface area contributed by atoms with E-state index in [0.29, 0.717) is 0 Å². The maximum Gasteiger partial charge on any atom is 0.135 e. The van der Waals surface area contributed by atoms with E-state index >= 15 is 0 Å². The van der Waals surface area contributed by atoms with Gasteiger partial charge >= 0.3 is 0 Å². The summed E-state index contributed by atoms with van der Waals surface area (Å²) >= 11 is 0. The van der Waals surface area contributed by atoms with Crippen LogP contribution in [0.3, 0.4) is 0 Å². The first kappa shape index (κ1) is 39.7. The molecule has 0 radical (unpaired) electrons. The molecule has 0 aliphatic rings. The third-order valence-electron chi connectivity index (χ3n) is 15.2. The zero-order chi connectivity index (χ0) is 46.6. The predicted octanol–water partition coefficient (Wildman–Crippen LogP) is 20.0. The first-order valence-corrected chi connectivity index (χ1v) is 24.6. The van der Waals surface area contributed by atoms with Crippen molar-refractivity contribution in [2.24, 2.45) is 0 Å². The maximum absolute atomic E-state index is 6.28. The van der Waals surface area contributed by atoms with Crippen molar-refractivity contribution < 1.29 is 4.42 Å². The second kappa shape index (κ2) is 15.6. The van der Waals surface area contributed by atoms with E-state index in [0.717, 1.165) is 21.9 Å². The number of rotatable bonds is 5. The van der Waals surface area contributed by atoms with Gasteiger partial charge in [-0.15, -0.1) is 0 Å². The fourth-order valence-electron chi connectivity index (χ4n) is 12.1. The maximum atomic E-state index is 6.28. The summed E-state index contributed by atoms with van der Waals surface area (Å²) in [5, 5.41) is 19.6. The van der Waals surface area contributed by atoms with E-state index < -0.39 is 0 Å². The molecule has 0 aliphatic heterocycles. The van der Waals surface area contributed by atoms with Crippen LogP contribution < -0.4 is 0 Å². The minimum Gasteiger partial charge on any atom is -0.456 e. The molecule has 0 atom stereocenters. The SMILES string of the molecule is c1cc(-c2c3ccccc3c(-c3ccc4oc5ccccc5c4c3)c3ccccc23)c2cc(-c3ccc4cccc(-c5c6ccccc6c(-c6cccc7ccccc67)c6ccccc56)c4c3)ccc2c1. The van der Waals surface area contributed by atoms with E-state index in [4.69, 9.17) is 4.42 Å². The molecule has 15 aromatic rings. The second-order valence-corrected chi connectivity index (χ2v) is 19.0. The van der Waals surface area contributed by atoms with Crippen LogP contribution in [-0.2, 0) is 0 Å². The van der Waals surface area contributed by atoms with Gasteiger partial charge in [0.1, 0.15) is 11.2 Å². The minimum atomic E-state index is 0.905. The summed E-state index contributed by atoms with van der Waals surface area (Å²) < 4.78 is 6.28. The Bertz CT molecular complexity index is 4580. The fraction of sp³-hybridized carbons (Fsp3) is 0. The van der Waals surface area contributed by atoms with Gasteiger partial charge in [0.15, 0.2) is 0 Å². The lowest BCUT2D eigenvalue weighted by molar-refractivity contribution is 0.669. The minimum absolute atomic E-state index is 0.905. The van der Waals surface area contributed by atoms with Crippen molar-refractivity contribution >= 4 is 97.3 Å². The van der Waals surface area contributed by atoms with E-state index in [9.17, 15) is 0 Å². The average molecular weight is 899 g/mol. The van der Waals surface area contributed by atoms with Gasteiger partial charge in [0.05, 0.1) is 0 Å². The molecule has 0 saturated heterocycles. The Labute approximate surface area is 410 Å². The highest BCUT2D eigenvalue weighted by Crippen LogP contribution is 2.49. The van der Waals surface area contributed by atoms with Crippen LogP contribution in [0.2, 0.25) is 0 Å².